The predicted octanol–water partition coefficient (Wildman–Crippen LogP) is 1.50. The van der Waals surface area contributed by atoms with Crippen molar-refractivity contribution < 1.29 is 0 Å². The minimum atomic E-state index is 1.32. The fraction of sp³-hybridized carbons (Fsp3) is 1.00. The van der Waals surface area contributed by atoms with Crippen LogP contribution in [-0.4, -0.2) is 12.5 Å². The van der Waals surface area contributed by atoms with Crippen LogP contribution in [0.2, 0.25) is 0 Å². The van der Waals surface area contributed by atoms with Crippen LogP contribution in [-0.2, 0) is 0 Å². The first-order valence-electron chi connectivity index (χ1n) is 1.63. The highest BCUT2D eigenvalue weighted by Crippen LogP contribution is 1.92. The minimum Gasteiger partial charge on any atom is -0.233 e. The molecule has 1 N–H and O–H groups in total. The monoisotopic (exact) mass is 137 g/mol. The summed E-state index contributed by atoms with van der Waals surface area (Å²) < 4.78 is 3.57. The number of nitrogens with one attached hydrogen (secondary N) is 1. The Morgan fingerprint density at radius 1 is 1.43 bits per heavy atom. The molecule has 0 saturated carbocycles. The second-order valence-corrected chi connectivity index (χ2v) is 1.78. The van der Waals surface area contributed by atoms with Crippen molar-refractivity contribution in [2.45, 2.75) is 0 Å². The van der Waals surface area contributed by atoms with Gasteiger partial charge in [0.2, 0.25) is 0 Å². The molecule has 0 rings (SSSR count). The molecule has 0 unspecified atom stereocenters. The Hall–Kier alpha value is 0.1000. The van der Waals surface area contributed by atoms with Gasteiger partial charge in [-0.2, -0.15) is 0 Å². The zero-order chi connectivity index (χ0) is 5.54. The van der Waals surface area contributed by atoms with Crippen LogP contribution < -0.4 is 4.83 Å². The van der Waals surface area contributed by atoms with Crippen LogP contribution >= 0.6 is 23.9 Å². The summed E-state index contributed by atoms with van der Waals surface area (Å²) >= 11 is 2.74. The second-order valence-electron chi connectivity index (χ2n) is 0.660. The van der Waals surface area contributed by atoms with E-state index in [1.54, 1.807) is 0 Å². The molecule has 7 heavy (non-hydrogen) atoms. The highest BCUT2D eigenvalue weighted by Gasteiger charge is 1.65. The summed E-state index contributed by atoms with van der Waals surface area (Å²) in [7, 11) is 0. The Kier molecular flexibility index (Phi) is 6.19. The fourth-order valence-corrected chi connectivity index (χ4v) is 0.395. The summed E-state index contributed by atoms with van der Waals surface area (Å²) in [6.45, 7) is 0. The van der Waals surface area contributed by atoms with Crippen molar-refractivity contribution in [3.8, 4) is 0 Å². The van der Waals surface area contributed by atoms with Crippen LogP contribution in [0, 0.1) is 0 Å². The number of hydrogen-bond acceptors (Lipinski definition) is 4. The maximum absolute atomic E-state index is 3.57. The summed E-state index contributed by atoms with van der Waals surface area (Å²) in [5.74, 6) is 0. The number of rotatable bonds is 3. The van der Waals surface area contributed by atoms with Crippen molar-refractivity contribution in [2.75, 3.05) is 12.5 Å². The number of hydrogen-bond donors (Lipinski definition) is 1. The van der Waals surface area contributed by atoms with Gasteiger partial charge >= 0.3 is 0 Å². The molecule has 5 heteroatoms. The van der Waals surface area contributed by atoms with Gasteiger partial charge in [-0.25, -0.2) is 4.83 Å². The Labute approximate surface area is 51.6 Å². The molecule has 0 aromatic carbocycles. The van der Waals surface area contributed by atoms with Crippen molar-refractivity contribution in [3.05, 3.63) is 0 Å². The molecule has 3 nitrogen and oxygen atoms in total. The van der Waals surface area contributed by atoms with Gasteiger partial charge in [0.25, 0.3) is 0 Å². The molecule has 0 amide bonds. The molecule has 0 spiro atoms. The molecule has 0 heterocycles. The van der Waals surface area contributed by atoms with Crippen LogP contribution in [0.1, 0.15) is 0 Å². The molecule has 0 aliphatic rings. The quantitative estimate of drug-likeness (QED) is 0.364. The smallest absolute Gasteiger partial charge is 0.00559 e. The zero-order valence-electron chi connectivity index (χ0n) is 4.21. The Bertz CT molecular complexity index is 54.9. The first-order valence-corrected chi connectivity index (χ1v) is 4.03. The van der Waals surface area contributed by atoms with E-state index in [4.69, 9.17) is 0 Å². The highest BCUT2D eigenvalue weighted by molar-refractivity contribution is 7.97. The summed E-state index contributed by atoms with van der Waals surface area (Å²) in [5.41, 5.74) is 0. The van der Waals surface area contributed by atoms with Gasteiger partial charge < -0.3 is 0 Å². The maximum Gasteiger partial charge on any atom is 0.00559 e. The highest BCUT2D eigenvalue weighted by atomic mass is 32.2. The topological polar surface area (TPSA) is 36.8 Å². The average molecular weight is 137 g/mol. The molecule has 0 radical (unpaired) electrons. The lowest BCUT2D eigenvalue weighted by molar-refractivity contribution is 1.02. The molecule has 0 fully saturated rings. The fourth-order valence-electron chi connectivity index (χ4n) is 0.0983. The van der Waals surface area contributed by atoms with Gasteiger partial charge in [-0.05, 0) is 23.9 Å². The lowest BCUT2D eigenvalue weighted by atomic mass is 12.0. The average Bonchev–Trinajstić information content (AvgIpc) is 1.69. The largest absolute Gasteiger partial charge is 0.233 e. The van der Waals surface area contributed by atoms with E-state index in [2.05, 4.69) is 14.6 Å². The van der Waals surface area contributed by atoms with Crippen LogP contribution in [0.15, 0.2) is 9.74 Å². The van der Waals surface area contributed by atoms with Gasteiger partial charge in [0.15, 0.2) is 0 Å². The van der Waals surface area contributed by atoms with Crippen molar-refractivity contribution >= 4 is 23.9 Å². The van der Waals surface area contributed by atoms with E-state index in [1.165, 1.54) is 23.9 Å². The van der Waals surface area contributed by atoms with Crippen molar-refractivity contribution in [1.82, 2.24) is 4.83 Å². The standard InChI is InChI=1S/C2H7N3S2/c1-6-4-3-5-7-2/h1-2H3,(H,4,5). The lowest BCUT2D eigenvalue weighted by Crippen LogP contribution is -1.84. The van der Waals surface area contributed by atoms with Crippen LogP contribution in [0.4, 0.5) is 0 Å². The summed E-state index contributed by atoms with van der Waals surface area (Å²) in [5, 5.41) is 3.51. The molecule has 0 aliphatic carbocycles. The molecule has 0 aromatic heterocycles. The lowest BCUT2D eigenvalue weighted by Gasteiger charge is -1.83. The Morgan fingerprint density at radius 3 is 2.57 bits per heavy atom. The van der Waals surface area contributed by atoms with Gasteiger partial charge in [0.1, 0.15) is 0 Å². The molecule has 0 bridgehead atoms. The minimum absolute atomic E-state index is 1.32. The van der Waals surface area contributed by atoms with E-state index in [0.29, 0.717) is 0 Å². The third-order valence-electron chi connectivity index (χ3n) is 0.255. The SMILES string of the molecule is CS/N=N/NSC. The molecular formula is C2H7N3S2. The molecule has 42 valence electrons. The third kappa shape index (κ3) is 6.10. The van der Waals surface area contributed by atoms with Gasteiger partial charge in [-0.3, -0.25) is 0 Å². The Balaban J connectivity index is 2.78. The van der Waals surface area contributed by atoms with Crippen LogP contribution in [0.3, 0.4) is 0 Å². The van der Waals surface area contributed by atoms with E-state index in [0.717, 1.165) is 0 Å². The van der Waals surface area contributed by atoms with E-state index in [1.807, 2.05) is 12.5 Å². The molecule has 0 aliphatic heterocycles. The maximum atomic E-state index is 3.57. The number of nitrogens with zero attached hydrogens (tertiary/aromatic N) is 2. The molecule has 0 saturated heterocycles. The van der Waals surface area contributed by atoms with E-state index in [-0.39, 0.29) is 0 Å². The van der Waals surface area contributed by atoms with Crippen LogP contribution in [0.5, 0.6) is 0 Å². The predicted molar refractivity (Wildman–Crippen MR) is 35.0 cm³/mol. The molecule has 0 aromatic rings. The van der Waals surface area contributed by atoms with E-state index < -0.39 is 0 Å². The van der Waals surface area contributed by atoms with Gasteiger partial charge in [-0.15, -0.1) is 0 Å². The normalized spacial score (nSPS) is 10.0. The van der Waals surface area contributed by atoms with Crippen molar-refractivity contribution in [3.63, 3.8) is 0 Å². The third-order valence-corrected chi connectivity index (χ3v) is 0.764. The van der Waals surface area contributed by atoms with Crippen molar-refractivity contribution in [1.29, 1.82) is 0 Å². The first-order chi connectivity index (χ1) is 3.41. The van der Waals surface area contributed by atoms with Crippen molar-refractivity contribution in [2.24, 2.45) is 9.74 Å². The molecular weight excluding hydrogens is 130 g/mol. The second kappa shape index (κ2) is 6.10. The Morgan fingerprint density at radius 2 is 2.14 bits per heavy atom. The van der Waals surface area contributed by atoms with E-state index in [9.17, 15) is 0 Å². The van der Waals surface area contributed by atoms with Gasteiger partial charge in [0.05, 0.1) is 0 Å². The van der Waals surface area contributed by atoms with E-state index >= 15 is 0 Å². The molecule has 0 atom stereocenters. The summed E-state index contributed by atoms with van der Waals surface area (Å²) in [4.78, 5) is 2.60. The van der Waals surface area contributed by atoms with Crippen LogP contribution in [0.25, 0.3) is 0 Å². The first kappa shape index (κ1) is 7.10. The van der Waals surface area contributed by atoms with Gasteiger partial charge in [0, 0.05) is 12.5 Å². The summed E-state index contributed by atoms with van der Waals surface area (Å²) in [6, 6.07) is 0. The van der Waals surface area contributed by atoms with Gasteiger partial charge in [-0.1, -0.05) is 9.74 Å². The summed E-state index contributed by atoms with van der Waals surface area (Å²) in [6.07, 6.45) is 3.74. The zero-order valence-corrected chi connectivity index (χ0v) is 5.84.